The molecule has 0 radical (unpaired) electrons. The second kappa shape index (κ2) is 5.94. The number of nitro benzene ring substituents is 1. The predicted octanol–water partition coefficient (Wildman–Crippen LogP) is 1.59. The molecule has 0 saturated carbocycles. The van der Waals surface area contributed by atoms with Gasteiger partial charge in [0.2, 0.25) is 0 Å². The number of nitrogen functional groups attached to an aromatic ring is 1. The second-order valence-corrected chi connectivity index (χ2v) is 5.46. The molecule has 0 aliphatic heterocycles. The van der Waals surface area contributed by atoms with Crippen molar-refractivity contribution in [3.05, 3.63) is 47.3 Å². The van der Waals surface area contributed by atoms with Gasteiger partial charge in [0, 0.05) is 23.3 Å². The van der Waals surface area contributed by atoms with Crippen molar-refractivity contribution in [2.24, 2.45) is 0 Å². The quantitative estimate of drug-likeness (QED) is 0.374. The summed E-state index contributed by atoms with van der Waals surface area (Å²) >= 11 is 1.66. The third-order valence-electron chi connectivity index (χ3n) is 3.00. The highest BCUT2D eigenvalue weighted by atomic mass is 127. The van der Waals surface area contributed by atoms with Crippen molar-refractivity contribution in [3.8, 4) is 29.0 Å². The summed E-state index contributed by atoms with van der Waals surface area (Å²) in [4.78, 5) is 24.3. The second-order valence-electron chi connectivity index (χ2n) is 4.30. The summed E-state index contributed by atoms with van der Waals surface area (Å²) in [5.74, 6) is -0.693. The maximum absolute atomic E-state index is 11.9. The fraction of sp³-hybridized carbons (Fsp3) is 0. The lowest BCUT2D eigenvalue weighted by Crippen LogP contribution is -2.16. The van der Waals surface area contributed by atoms with Crippen LogP contribution in [0.2, 0.25) is 0 Å². The predicted molar refractivity (Wildman–Crippen MR) is 87.4 cm³/mol. The van der Waals surface area contributed by atoms with Crippen LogP contribution in [0.15, 0.2) is 16.9 Å². The number of nitro groups is 1. The van der Waals surface area contributed by atoms with Gasteiger partial charge in [-0.1, -0.05) is 0 Å². The van der Waals surface area contributed by atoms with Gasteiger partial charge in [0.05, 0.1) is 8.49 Å². The van der Waals surface area contributed by atoms with Crippen LogP contribution in [0.4, 0.5) is 11.5 Å². The number of aromatic amines is 1. The van der Waals surface area contributed by atoms with Crippen molar-refractivity contribution in [3.63, 3.8) is 0 Å². The Labute approximate surface area is 141 Å². The molecule has 0 saturated heterocycles. The molecule has 1 aromatic heterocycles. The van der Waals surface area contributed by atoms with Gasteiger partial charge in [-0.15, -0.1) is 0 Å². The maximum Gasteiger partial charge on any atom is 0.271 e. The summed E-state index contributed by atoms with van der Waals surface area (Å²) in [5, 5.41) is 39.6. The van der Waals surface area contributed by atoms with E-state index in [1.54, 1.807) is 34.7 Å². The summed E-state index contributed by atoms with van der Waals surface area (Å²) in [7, 11) is 0. The minimum atomic E-state index is -0.861. The lowest BCUT2D eigenvalue weighted by atomic mass is 9.95. The van der Waals surface area contributed by atoms with E-state index in [0.29, 0.717) is 0 Å². The van der Waals surface area contributed by atoms with E-state index in [1.165, 1.54) is 0 Å². The van der Waals surface area contributed by atoms with Gasteiger partial charge in [-0.05, 0) is 22.6 Å². The van der Waals surface area contributed by atoms with Crippen LogP contribution in [-0.4, -0.2) is 15.0 Å². The van der Waals surface area contributed by atoms with Gasteiger partial charge < -0.3 is 15.8 Å². The number of aromatic nitrogens is 1. The molecule has 114 valence electrons. The number of phenols is 1. The zero-order valence-corrected chi connectivity index (χ0v) is 13.3. The zero-order valence-electron chi connectivity index (χ0n) is 11.1. The lowest BCUT2D eigenvalue weighted by molar-refractivity contribution is -0.384. The van der Waals surface area contributed by atoms with Crippen LogP contribution < -0.4 is 11.3 Å². The summed E-state index contributed by atoms with van der Waals surface area (Å²) in [6, 6.07) is 5.45. The van der Waals surface area contributed by atoms with E-state index in [9.17, 15) is 30.5 Å². The Bertz CT molecular complexity index is 984. The van der Waals surface area contributed by atoms with Gasteiger partial charge in [-0.3, -0.25) is 14.9 Å². The molecule has 2 aromatic rings. The van der Waals surface area contributed by atoms with Crippen LogP contribution in [0, 0.1) is 36.3 Å². The summed E-state index contributed by atoms with van der Waals surface area (Å²) < 4.78 is 0.124. The number of nitrogens with two attached hydrogens (primary N) is 1. The first kappa shape index (κ1) is 16.3. The van der Waals surface area contributed by atoms with Gasteiger partial charge in [-0.2, -0.15) is 10.5 Å². The highest BCUT2D eigenvalue weighted by Crippen LogP contribution is 2.39. The van der Waals surface area contributed by atoms with Gasteiger partial charge >= 0.3 is 0 Å². The van der Waals surface area contributed by atoms with E-state index < -0.39 is 21.8 Å². The monoisotopic (exact) mass is 423 g/mol. The van der Waals surface area contributed by atoms with Crippen molar-refractivity contribution in [1.29, 1.82) is 10.5 Å². The molecule has 1 heterocycles. The minimum Gasteiger partial charge on any atom is -0.506 e. The van der Waals surface area contributed by atoms with Crippen molar-refractivity contribution in [2.75, 3.05) is 5.73 Å². The average Bonchev–Trinajstić information content (AvgIpc) is 2.49. The van der Waals surface area contributed by atoms with E-state index in [4.69, 9.17) is 5.73 Å². The van der Waals surface area contributed by atoms with E-state index in [-0.39, 0.29) is 31.8 Å². The lowest BCUT2D eigenvalue weighted by Gasteiger charge is -2.11. The SMILES string of the molecule is N#Cc1c(N)[nH]c(=O)c(C#N)c1-c1cc([N+](=O)[O-])cc(I)c1O. The molecular weight excluding hydrogens is 417 g/mol. The van der Waals surface area contributed by atoms with E-state index in [1.807, 2.05) is 0 Å². The zero-order chi connectivity index (χ0) is 17.3. The van der Waals surface area contributed by atoms with E-state index in [2.05, 4.69) is 4.98 Å². The van der Waals surface area contributed by atoms with Gasteiger partial charge in [0.1, 0.15) is 34.8 Å². The van der Waals surface area contributed by atoms with Gasteiger partial charge in [0.25, 0.3) is 11.2 Å². The fourth-order valence-electron chi connectivity index (χ4n) is 1.99. The Balaban J connectivity index is 3.04. The number of benzene rings is 1. The first-order valence-electron chi connectivity index (χ1n) is 5.85. The number of non-ortho nitro benzene ring substituents is 1. The molecule has 23 heavy (non-hydrogen) atoms. The molecule has 0 bridgehead atoms. The summed E-state index contributed by atoms with van der Waals surface area (Å²) in [6.07, 6.45) is 0. The smallest absolute Gasteiger partial charge is 0.271 e. The summed E-state index contributed by atoms with van der Waals surface area (Å²) in [6.45, 7) is 0. The van der Waals surface area contributed by atoms with E-state index >= 15 is 0 Å². The molecule has 1 aromatic carbocycles. The topological polar surface area (TPSA) is 170 Å². The number of rotatable bonds is 2. The number of hydrogen-bond acceptors (Lipinski definition) is 7. The van der Waals surface area contributed by atoms with Crippen molar-refractivity contribution in [1.82, 2.24) is 4.98 Å². The number of nitrogens with one attached hydrogen (secondary N) is 1. The van der Waals surface area contributed by atoms with Gasteiger partial charge in [-0.25, -0.2) is 0 Å². The summed E-state index contributed by atoms with van der Waals surface area (Å²) in [5.41, 5.74) is 3.19. The third-order valence-corrected chi connectivity index (χ3v) is 3.82. The first-order valence-corrected chi connectivity index (χ1v) is 6.92. The Morgan fingerprint density at radius 3 is 2.43 bits per heavy atom. The Morgan fingerprint density at radius 2 is 1.91 bits per heavy atom. The normalized spacial score (nSPS) is 9.87. The van der Waals surface area contributed by atoms with Crippen molar-refractivity contribution in [2.45, 2.75) is 0 Å². The van der Waals surface area contributed by atoms with Crippen LogP contribution in [-0.2, 0) is 0 Å². The molecule has 9 nitrogen and oxygen atoms in total. The maximum atomic E-state index is 11.9. The number of hydrogen-bond donors (Lipinski definition) is 3. The number of anilines is 1. The molecule has 0 aliphatic rings. The average molecular weight is 423 g/mol. The largest absolute Gasteiger partial charge is 0.506 e. The van der Waals surface area contributed by atoms with Crippen LogP contribution in [0.5, 0.6) is 5.75 Å². The molecule has 0 amide bonds. The number of phenolic OH excluding ortho intramolecular Hbond substituents is 1. The molecule has 0 unspecified atom stereocenters. The number of aromatic hydroxyl groups is 1. The first-order chi connectivity index (χ1) is 10.8. The molecule has 0 fully saturated rings. The molecule has 0 atom stereocenters. The Morgan fingerprint density at radius 1 is 1.30 bits per heavy atom. The van der Waals surface area contributed by atoms with Crippen molar-refractivity contribution >= 4 is 34.1 Å². The van der Waals surface area contributed by atoms with Crippen LogP contribution in [0.3, 0.4) is 0 Å². The van der Waals surface area contributed by atoms with Crippen LogP contribution >= 0.6 is 22.6 Å². The van der Waals surface area contributed by atoms with Crippen LogP contribution in [0.25, 0.3) is 11.1 Å². The molecule has 4 N–H and O–H groups in total. The third kappa shape index (κ3) is 2.67. The molecule has 0 spiro atoms. The minimum absolute atomic E-state index is 0.124. The number of pyridine rings is 1. The molecular formula is C13H6IN5O4. The highest BCUT2D eigenvalue weighted by molar-refractivity contribution is 14.1. The highest BCUT2D eigenvalue weighted by Gasteiger charge is 2.24. The number of H-pyrrole nitrogens is 1. The van der Waals surface area contributed by atoms with E-state index in [0.717, 1.165) is 12.1 Å². The number of nitrogens with zero attached hydrogens (tertiary/aromatic N) is 3. The number of nitriles is 2. The molecule has 2 rings (SSSR count). The molecule has 0 aliphatic carbocycles. The van der Waals surface area contributed by atoms with Gasteiger partial charge in [0.15, 0.2) is 0 Å². The molecule has 10 heteroatoms. The van der Waals surface area contributed by atoms with Crippen molar-refractivity contribution < 1.29 is 10.0 Å². The Kier molecular flexibility index (Phi) is 4.20. The Hall–Kier alpha value is -3.12. The van der Waals surface area contributed by atoms with Crippen LogP contribution in [0.1, 0.15) is 11.1 Å². The standard InChI is InChI=1S/C13H6IN5O4/c14-9-2-5(19(22)23)1-6(11(9)20)10-7(3-15)12(17)18-13(21)8(10)4-16/h1-2,20H,(H3,17,18,21). The number of halogens is 1. The fourth-order valence-corrected chi connectivity index (χ4v) is 2.60.